The Morgan fingerprint density at radius 1 is 1.16 bits per heavy atom. The minimum Gasteiger partial charge on any atom is -0.486 e. The van der Waals surface area contributed by atoms with E-state index in [0.29, 0.717) is 43.7 Å². The highest BCUT2D eigenvalue weighted by Crippen LogP contribution is 2.40. The molecule has 0 spiro atoms. The van der Waals surface area contributed by atoms with Gasteiger partial charge in [0.05, 0.1) is 44.2 Å². The molecule has 11 nitrogen and oxygen atoms in total. The summed E-state index contributed by atoms with van der Waals surface area (Å²) in [6.45, 7) is 3.44. The number of sulfone groups is 1. The van der Waals surface area contributed by atoms with Crippen molar-refractivity contribution in [3.63, 3.8) is 0 Å². The average molecular weight is 727 g/mol. The number of thiol groups is 1. The number of carbonyl (C=O) groups excluding carboxylic acids is 1. The first kappa shape index (κ1) is 34.7. The third kappa shape index (κ3) is 7.72. The molecule has 6 rings (SSSR count). The second kappa shape index (κ2) is 14.0. The highest BCUT2D eigenvalue weighted by atomic mass is 35.5. The highest BCUT2D eigenvalue weighted by Gasteiger charge is 2.26. The zero-order valence-corrected chi connectivity index (χ0v) is 29.6. The number of fused-ring (bicyclic) bond motifs is 1. The van der Waals surface area contributed by atoms with Crippen LogP contribution in [0.3, 0.4) is 0 Å². The van der Waals surface area contributed by atoms with Gasteiger partial charge >= 0.3 is 0 Å². The van der Waals surface area contributed by atoms with E-state index in [1.54, 1.807) is 36.3 Å². The van der Waals surface area contributed by atoms with E-state index in [9.17, 15) is 13.2 Å². The summed E-state index contributed by atoms with van der Waals surface area (Å²) in [6, 6.07) is 12.0. The molecule has 1 amide bonds. The van der Waals surface area contributed by atoms with Gasteiger partial charge in [0.25, 0.3) is 0 Å². The van der Waals surface area contributed by atoms with Gasteiger partial charge in [0, 0.05) is 56.3 Å². The van der Waals surface area contributed by atoms with Gasteiger partial charge in [-0.25, -0.2) is 17.8 Å². The van der Waals surface area contributed by atoms with Crippen LogP contribution in [-0.4, -0.2) is 76.3 Å². The molecule has 258 valence electrons. The fraction of sp³-hybridized carbons (Fsp3) is 0.324. The number of hydrogen-bond acceptors (Lipinski definition) is 9. The summed E-state index contributed by atoms with van der Waals surface area (Å²) in [6.07, 6.45) is 6.76. The normalized spacial score (nSPS) is 15.1. The average Bonchev–Trinajstić information content (AvgIpc) is 3.69. The van der Waals surface area contributed by atoms with Crippen molar-refractivity contribution in [1.29, 1.82) is 0 Å². The van der Waals surface area contributed by atoms with Gasteiger partial charge in [-0.3, -0.25) is 14.0 Å². The minimum atomic E-state index is -3.06. The first-order valence-electron chi connectivity index (χ1n) is 15.6. The molecule has 5 aromatic rings. The van der Waals surface area contributed by atoms with E-state index in [0.717, 1.165) is 22.2 Å². The molecule has 1 aliphatic rings. The van der Waals surface area contributed by atoms with Crippen molar-refractivity contribution in [2.45, 2.75) is 36.9 Å². The molecule has 2 aromatic heterocycles. The zero-order valence-electron chi connectivity index (χ0n) is 27.1. The summed E-state index contributed by atoms with van der Waals surface area (Å²) >= 11 is 11.3. The van der Waals surface area contributed by atoms with Crippen LogP contribution in [0, 0.1) is 5.82 Å². The summed E-state index contributed by atoms with van der Waals surface area (Å²) in [5, 5.41) is 4.32. The third-order valence-corrected chi connectivity index (χ3v) is 10.4. The van der Waals surface area contributed by atoms with E-state index in [-0.39, 0.29) is 38.8 Å². The Morgan fingerprint density at radius 2 is 1.92 bits per heavy atom. The van der Waals surface area contributed by atoms with Gasteiger partial charge in [0.2, 0.25) is 5.91 Å². The van der Waals surface area contributed by atoms with Crippen LogP contribution < -0.4 is 15.2 Å². The van der Waals surface area contributed by atoms with E-state index in [4.69, 9.17) is 26.8 Å². The Labute approximate surface area is 294 Å². The molecule has 3 heterocycles. The smallest absolute Gasteiger partial charge is 0.250 e. The molecule has 2 N–H and O–H groups in total. The number of aromatic nitrogens is 4. The molecule has 0 aliphatic carbocycles. The van der Waals surface area contributed by atoms with Gasteiger partial charge in [-0.2, -0.15) is 5.10 Å². The molecular formula is C34H36ClFN6O5S2. The van der Waals surface area contributed by atoms with Crippen molar-refractivity contribution in [3.05, 3.63) is 83.2 Å². The van der Waals surface area contributed by atoms with Crippen LogP contribution in [0.5, 0.6) is 11.5 Å². The van der Waals surface area contributed by atoms with Crippen LogP contribution in [0.1, 0.15) is 41.8 Å². The monoisotopic (exact) mass is 726 g/mol. The van der Waals surface area contributed by atoms with E-state index in [1.165, 1.54) is 18.4 Å². The fourth-order valence-corrected chi connectivity index (χ4v) is 7.15. The Bertz CT molecular complexity index is 2150. The number of amides is 1. The summed E-state index contributed by atoms with van der Waals surface area (Å²) in [7, 11) is -1.20. The number of ether oxygens (including phenoxy) is 2. The van der Waals surface area contributed by atoms with Crippen molar-refractivity contribution >= 4 is 51.0 Å². The second-order valence-corrected chi connectivity index (χ2v) is 15.3. The number of primary amides is 1. The van der Waals surface area contributed by atoms with Crippen LogP contribution in [-0.2, 0) is 16.9 Å². The topological polar surface area (TPSA) is 135 Å². The molecule has 0 bridgehead atoms. The molecule has 0 unspecified atom stereocenters. The number of imidazole rings is 1. The predicted molar refractivity (Wildman–Crippen MR) is 189 cm³/mol. The molecule has 15 heteroatoms. The Morgan fingerprint density at radius 3 is 2.59 bits per heavy atom. The van der Waals surface area contributed by atoms with Crippen molar-refractivity contribution < 1.29 is 27.1 Å². The first-order valence-corrected chi connectivity index (χ1v) is 18.5. The number of benzene rings is 3. The van der Waals surface area contributed by atoms with Crippen molar-refractivity contribution in [1.82, 2.24) is 24.2 Å². The molecule has 1 fully saturated rings. The molecular weight excluding hydrogens is 691 g/mol. The SMILES string of the molecule is C[C@@H](Oc1cc(-n2cnc3cc(-c4cnn(C)c4)ccc32)cc(C(N)=O)c1S)c1ccc(F)c(OC2CCN(CCS(C)(=O)=O)CC2)c1Cl. The number of halogens is 2. The van der Waals surface area contributed by atoms with Gasteiger partial charge in [0.15, 0.2) is 11.6 Å². The van der Waals surface area contributed by atoms with Crippen LogP contribution in [0.4, 0.5) is 4.39 Å². The molecule has 49 heavy (non-hydrogen) atoms. The number of piperidine rings is 1. The maximum Gasteiger partial charge on any atom is 0.250 e. The minimum absolute atomic E-state index is 0.0718. The molecule has 1 saturated heterocycles. The van der Waals surface area contributed by atoms with Crippen molar-refractivity contribution in [2.75, 3.05) is 31.6 Å². The summed E-state index contributed by atoms with van der Waals surface area (Å²) in [5.74, 6) is -1.01. The Balaban J connectivity index is 1.24. The lowest BCUT2D eigenvalue weighted by Gasteiger charge is -2.32. The number of carbonyl (C=O) groups is 1. The van der Waals surface area contributed by atoms with Gasteiger partial charge in [0.1, 0.15) is 34.1 Å². The van der Waals surface area contributed by atoms with Crippen LogP contribution >= 0.6 is 24.2 Å². The Hall–Kier alpha value is -4.11. The van der Waals surface area contributed by atoms with Crippen LogP contribution in [0.2, 0.25) is 5.02 Å². The quantitative estimate of drug-likeness (QED) is 0.167. The standard InChI is InChI=1S/C34H36ClFN6O5S2/c1-20(25-5-6-27(36)32(31(25)35)47-24-8-10-41(11-9-24)12-13-49(3,44)45)46-30-16-23(15-26(33(30)48)34(37)43)42-19-38-28-14-21(4-7-29(28)42)22-17-39-40(2)18-22/h4-7,14-20,24,48H,8-13H2,1-3H3,(H2,37,43)/t20-/m1/s1. The summed E-state index contributed by atoms with van der Waals surface area (Å²) in [5.41, 5.74) is 10.4. The van der Waals surface area contributed by atoms with E-state index >= 15 is 4.39 Å². The van der Waals surface area contributed by atoms with E-state index in [1.807, 2.05) is 36.0 Å². The molecule has 0 radical (unpaired) electrons. The fourth-order valence-electron chi connectivity index (χ4n) is 5.91. The van der Waals surface area contributed by atoms with Gasteiger partial charge in [-0.1, -0.05) is 23.7 Å². The lowest BCUT2D eigenvalue weighted by atomic mass is 10.1. The molecule has 0 saturated carbocycles. The second-order valence-electron chi connectivity index (χ2n) is 12.3. The van der Waals surface area contributed by atoms with E-state index in [2.05, 4.69) is 27.6 Å². The third-order valence-electron chi connectivity index (χ3n) is 8.61. The Kier molecular flexibility index (Phi) is 9.94. The summed E-state index contributed by atoms with van der Waals surface area (Å²) in [4.78, 5) is 19.4. The van der Waals surface area contributed by atoms with E-state index < -0.39 is 27.7 Å². The number of hydrogen-bond donors (Lipinski definition) is 2. The highest BCUT2D eigenvalue weighted by molar-refractivity contribution is 7.90. The number of nitrogens with two attached hydrogens (primary N) is 1. The lowest BCUT2D eigenvalue weighted by molar-refractivity contribution is 0.0996. The largest absolute Gasteiger partial charge is 0.486 e. The number of rotatable bonds is 11. The molecule has 3 aromatic carbocycles. The maximum absolute atomic E-state index is 15.1. The molecule has 1 aliphatic heterocycles. The van der Waals surface area contributed by atoms with Crippen molar-refractivity contribution in [3.8, 4) is 28.3 Å². The molecule has 1 atom stereocenters. The maximum atomic E-state index is 15.1. The lowest BCUT2D eigenvalue weighted by Crippen LogP contribution is -2.40. The van der Waals surface area contributed by atoms with Crippen molar-refractivity contribution in [2.24, 2.45) is 12.8 Å². The first-order chi connectivity index (χ1) is 23.3. The number of nitrogens with zero attached hydrogens (tertiary/aromatic N) is 5. The van der Waals surface area contributed by atoms with Gasteiger partial charge < -0.3 is 20.1 Å². The van der Waals surface area contributed by atoms with Gasteiger partial charge in [-0.05, 0) is 49.6 Å². The van der Waals surface area contributed by atoms with Crippen LogP contribution in [0.25, 0.3) is 27.8 Å². The van der Waals surface area contributed by atoms with Crippen LogP contribution in [0.15, 0.2) is 66.1 Å². The zero-order chi connectivity index (χ0) is 35.0. The predicted octanol–water partition coefficient (Wildman–Crippen LogP) is 5.63. The number of likely N-dealkylation sites (tertiary alicyclic amines) is 1. The summed E-state index contributed by atoms with van der Waals surface area (Å²) < 4.78 is 54.1. The number of aryl methyl sites for hydroxylation is 1. The van der Waals surface area contributed by atoms with Gasteiger partial charge in [-0.15, -0.1) is 12.6 Å².